The third-order valence-corrected chi connectivity index (χ3v) is 3.47. The molecule has 0 aliphatic carbocycles. The van der Waals surface area contributed by atoms with Gasteiger partial charge in [0.2, 0.25) is 0 Å². The van der Waals surface area contributed by atoms with Crippen molar-refractivity contribution in [3.63, 3.8) is 0 Å². The van der Waals surface area contributed by atoms with E-state index in [9.17, 15) is 9.59 Å². The first-order valence-corrected chi connectivity index (χ1v) is 8.44. The number of carbonyl (C=O) groups is 2. The highest BCUT2D eigenvalue weighted by atomic mass is 16.5. The molecule has 0 aliphatic heterocycles. The highest BCUT2D eigenvalue weighted by Crippen LogP contribution is 2.14. The molecule has 0 radical (unpaired) electrons. The number of esters is 2. The molecule has 5 heteroatoms. The Morgan fingerprint density at radius 1 is 0.864 bits per heavy atom. The van der Waals surface area contributed by atoms with Gasteiger partial charge in [-0.1, -0.05) is 33.1 Å². The summed E-state index contributed by atoms with van der Waals surface area (Å²) in [6, 6.07) is 0. The first kappa shape index (κ1) is 20.9. The van der Waals surface area contributed by atoms with Crippen molar-refractivity contribution in [1.82, 2.24) is 0 Å². The van der Waals surface area contributed by atoms with E-state index in [4.69, 9.17) is 14.2 Å². The van der Waals surface area contributed by atoms with Gasteiger partial charge in [-0.25, -0.2) is 0 Å². The second-order valence-electron chi connectivity index (χ2n) is 5.55. The SMILES string of the molecule is CCCCOC(=O)CCC(=O)OCC(CCCC)CCOC. The summed E-state index contributed by atoms with van der Waals surface area (Å²) in [7, 11) is 1.67. The van der Waals surface area contributed by atoms with Crippen LogP contribution in [0.5, 0.6) is 0 Å². The third kappa shape index (κ3) is 12.6. The predicted molar refractivity (Wildman–Crippen MR) is 85.6 cm³/mol. The lowest BCUT2D eigenvalue weighted by Gasteiger charge is -2.16. The molecule has 130 valence electrons. The molecular formula is C17H32O5. The Labute approximate surface area is 134 Å². The molecule has 0 N–H and O–H groups in total. The van der Waals surface area contributed by atoms with Gasteiger partial charge < -0.3 is 14.2 Å². The molecule has 1 atom stereocenters. The summed E-state index contributed by atoms with van der Waals surface area (Å²) in [6.07, 6.45) is 6.20. The van der Waals surface area contributed by atoms with Crippen LogP contribution in [-0.4, -0.2) is 38.9 Å². The van der Waals surface area contributed by atoms with Crippen molar-refractivity contribution in [2.24, 2.45) is 5.92 Å². The summed E-state index contributed by atoms with van der Waals surface area (Å²) >= 11 is 0. The van der Waals surface area contributed by atoms with E-state index in [0.717, 1.165) is 38.5 Å². The van der Waals surface area contributed by atoms with E-state index < -0.39 is 0 Å². The molecule has 0 aromatic heterocycles. The summed E-state index contributed by atoms with van der Waals surface area (Å²) in [5, 5.41) is 0. The van der Waals surface area contributed by atoms with E-state index >= 15 is 0 Å². The second-order valence-corrected chi connectivity index (χ2v) is 5.55. The maximum absolute atomic E-state index is 11.7. The van der Waals surface area contributed by atoms with Gasteiger partial charge in [0.25, 0.3) is 0 Å². The lowest BCUT2D eigenvalue weighted by atomic mass is 10.00. The lowest BCUT2D eigenvalue weighted by Crippen LogP contribution is -2.17. The summed E-state index contributed by atoms with van der Waals surface area (Å²) < 4.78 is 15.4. The average molecular weight is 316 g/mol. The van der Waals surface area contributed by atoms with Crippen LogP contribution in [0.3, 0.4) is 0 Å². The Morgan fingerprint density at radius 3 is 2.09 bits per heavy atom. The maximum Gasteiger partial charge on any atom is 0.306 e. The Balaban J connectivity index is 3.84. The van der Waals surface area contributed by atoms with Crippen molar-refractivity contribution >= 4 is 11.9 Å². The van der Waals surface area contributed by atoms with Crippen molar-refractivity contribution in [2.45, 2.75) is 65.2 Å². The van der Waals surface area contributed by atoms with Gasteiger partial charge in [0.1, 0.15) is 0 Å². The minimum absolute atomic E-state index is 0.0930. The van der Waals surface area contributed by atoms with Crippen molar-refractivity contribution in [3.05, 3.63) is 0 Å². The lowest BCUT2D eigenvalue weighted by molar-refractivity contribution is -0.151. The fourth-order valence-corrected chi connectivity index (χ4v) is 1.98. The molecule has 0 spiro atoms. The van der Waals surface area contributed by atoms with E-state index in [1.54, 1.807) is 7.11 Å². The minimum atomic E-state index is -0.327. The highest BCUT2D eigenvalue weighted by molar-refractivity contribution is 5.77. The first-order valence-electron chi connectivity index (χ1n) is 8.44. The third-order valence-electron chi connectivity index (χ3n) is 3.47. The molecule has 0 aromatic carbocycles. The first-order chi connectivity index (χ1) is 10.6. The molecule has 0 saturated carbocycles. The summed E-state index contributed by atoms with van der Waals surface area (Å²) in [6.45, 7) is 5.69. The van der Waals surface area contributed by atoms with E-state index in [0.29, 0.717) is 25.7 Å². The van der Waals surface area contributed by atoms with Crippen LogP contribution in [0, 0.1) is 5.92 Å². The molecular weight excluding hydrogens is 284 g/mol. The molecule has 0 amide bonds. The Hall–Kier alpha value is -1.10. The number of unbranched alkanes of at least 4 members (excludes halogenated alkanes) is 2. The number of rotatable bonds is 14. The molecule has 0 heterocycles. The van der Waals surface area contributed by atoms with E-state index in [1.807, 2.05) is 6.92 Å². The maximum atomic E-state index is 11.7. The van der Waals surface area contributed by atoms with Crippen molar-refractivity contribution in [3.8, 4) is 0 Å². The van der Waals surface area contributed by atoms with Gasteiger partial charge in [-0.2, -0.15) is 0 Å². The zero-order chi connectivity index (χ0) is 16.6. The highest BCUT2D eigenvalue weighted by Gasteiger charge is 2.13. The van der Waals surface area contributed by atoms with Gasteiger partial charge >= 0.3 is 11.9 Å². The van der Waals surface area contributed by atoms with Crippen LogP contribution in [0.4, 0.5) is 0 Å². The minimum Gasteiger partial charge on any atom is -0.466 e. The Bertz CT molecular complexity index is 283. The van der Waals surface area contributed by atoms with Crippen LogP contribution in [-0.2, 0) is 23.8 Å². The molecule has 0 aromatic rings. The Morgan fingerprint density at radius 2 is 1.50 bits per heavy atom. The Kier molecular flexibility index (Phi) is 14.1. The number of carbonyl (C=O) groups excluding carboxylic acids is 2. The summed E-state index contributed by atoms with van der Waals surface area (Å²) in [5.41, 5.74) is 0. The number of hydrogen-bond donors (Lipinski definition) is 0. The van der Waals surface area contributed by atoms with Gasteiger partial charge in [-0.3, -0.25) is 9.59 Å². The van der Waals surface area contributed by atoms with E-state index in [1.165, 1.54) is 0 Å². The fourth-order valence-electron chi connectivity index (χ4n) is 1.98. The van der Waals surface area contributed by atoms with Gasteiger partial charge in [-0.05, 0) is 25.2 Å². The molecule has 0 saturated heterocycles. The average Bonchev–Trinajstić information content (AvgIpc) is 2.52. The molecule has 0 rings (SSSR count). The molecule has 0 aliphatic rings. The molecule has 0 bridgehead atoms. The van der Waals surface area contributed by atoms with E-state index in [2.05, 4.69) is 6.92 Å². The second kappa shape index (κ2) is 14.8. The number of hydrogen-bond acceptors (Lipinski definition) is 5. The van der Waals surface area contributed by atoms with Crippen LogP contribution in [0.1, 0.15) is 65.2 Å². The van der Waals surface area contributed by atoms with Crippen LogP contribution < -0.4 is 0 Å². The fraction of sp³-hybridized carbons (Fsp3) is 0.882. The van der Waals surface area contributed by atoms with Gasteiger partial charge in [0.15, 0.2) is 0 Å². The van der Waals surface area contributed by atoms with E-state index in [-0.39, 0.29) is 24.8 Å². The van der Waals surface area contributed by atoms with Crippen LogP contribution >= 0.6 is 0 Å². The van der Waals surface area contributed by atoms with Crippen molar-refractivity contribution < 1.29 is 23.8 Å². The molecule has 5 nitrogen and oxygen atoms in total. The molecule has 0 fully saturated rings. The predicted octanol–water partition coefficient (Wildman–Crippen LogP) is 3.50. The van der Waals surface area contributed by atoms with Gasteiger partial charge in [0, 0.05) is 13.7 Å². The standard InChI is InChI=1S/C17H32O5/c1-4-6-8-15(11-13-20-3)14-22-17(19)10-9-16(18)21-12-7-5-2/h15H,4-14H2,1-3H3. The van der Waals surface area contributed by atoms with Crippen LogP contribution in [0.15, 0.2) is 0 Å². The van der Waals surface area contributed by atoms with Gasteiger partial charge in [0.05, 0.1) is 26.1 Å². The zero-order valence-electron chi connectivity index (χ0n) is 14.4. The van der Waals surface area contributed by atoms with Gasteiger partial charge in [-0.15, -0.1) is 0 Å². The number of methoxy groups -OCH3 is 1. The number of ether oxygens (including phenoxy) is 3. The van der Waals surface area contributed by atoms with Crippen molar-refractivity contribution in [1.29, 1.82) is 0 Å². The topological polar surface area (TPSA) is 61.8 Å². The largest absolute Gasteiger partial charge is 0.466 e. The monoisotopic (exact) mass is 316 g/mol. The zero-order valence-corrected chi connectivity index (χ0v) is 14.4. The molecule has 22 heavy (non-hydrogen) atoms. The normalized spacial score (nSPS) is 12.0. The summed E-state index contributed by atoms with van der Waals surface area (Å²) in [4.78, 5) is 23.1. The van der Waals surface area contributed by atoms with Crippen LogP contribution in [0.25, 0.3) is 0 Å². The molecule has 1 unspecified atom stereocenters. The van der Waals surface area contributed by atoms with Crippen molar-refractivity contribution in [2.75, 3.05) is 26.9 Å². The smallest absolute Gasteiger partial charge is 0.306 e. The quantitative estimate of drug-likeness (QED) is 0.362. The summed E-state index contributed by atoms with van der Waals surface area (Å²) in [5.74, 6) is -0.320. The van der Waals surface area contributed by atoms with Crippen LogP contribution in [0.2, 0.25) is 0 Å².